The normalized spacial score (nSPS) is 15.4. The minimum atomic E-state index is 0.513. The fraction of sp³-hybridized carbons (Fsp3) is 0.217. The van der Waals surface area contributed by atoms with Crippen LogP contribution in [0.4, 0.5) is 0 Å². The van der Waals surface area contributed by atoms with Gasteiger partial charge in [0, 0.05) is 28.1 Å². The van der Waals surface area contributed by atoms with Gasteiger partial charge in [-0.25, -0.2) is 4.98 Å². The zero-order chi connectivity index (χ0) is 19.2. The van der Waals surface area contributed by atoms with Crippen LogP contribution in [0.15, 0.2) is 59.4 Å². The van der Waals surface area contributed by atoms with Crippen LogP contribution in [-0.2, 0) is 0 Å². The number of pyridine rings is 1. The fourth-order valence-electron chi connectivity index (χ4n) is 4.40. The Morgan fingerprint density at radius 3 is 2.79 bits per heavy atom. The molecule has 6 nitrogen and oxygen atoms in total. The molecular weight excluding hydrogens is 362 g/mol. The van der Waals surface area contributed by atoms with Crippen molar-refractivity contribution < 1.29 is 4.42 Å². The van der Waals surface area contributed by atoms with Gasteiger partial charge < -0.3 is 14.7 Å². The van der Waals surface area contributed by atoms with Crippen molar-refractivity contribution >= 4 is 21.9 Å². The van der Waals surface area contributed by atoms with Gasteiger partial charge in [-0.3, -0.25) is 5.10 Å². The molecule has 29 heavy (non-hydrogen) atoms. The van der Waals surface area contributed by atoms with Gasteiger partial charge in [0.25, 0.3) is 0 Å². The number of fused-ring (bicyclic) bond motifs is 2. The Labute approximate surface area is 167 Å². The Hall–Kier alpha value is -3.38. The number of hydrogen-bond acceptors (Lipinski definition) is 4. The second-order valence-corrected chi connectivity index (χ2v) is 7.69. The van der Waals surface area contributed by atoms with Gasteiger partial charge in [0.15, 0.2) is 0 Å². The summed E-state index contributed by atoms with van der Waals surface area (Å²) in [4.78, 5) is 8.55. The molecule has 1 aromatic carbocycles. The first-order chi connectivity index (χ1) is 14.4. The van der Waals surface area contributed by atoms with E-state index < -0.39 is 0 Å². The molecule has 6 rings (SSSR count). The number of piperidine rings is 1. The summed E-state index contributed by atoms with van der Waals surface area (Å²) in [5, 5.41) is 12.3. The molecule has 0 atom stereocenters. The lowest BCUT2D eigenvalue weighted by Crippen LogP contribution is -2.27. The van der Waals surface area contributed by atoms with E-state index in [1.54, 1.807) is 12.5 Å². The van der Waals surface area contributed by atoms with Crippen molar-refractivity contribution in [2.24, 2.45) is 0 Å². The second kappa shape index (κ2) is 6.60. The molecule has 1 fully saturated rings. The Kier molecular flexibility index (Phi) is 3.77. The summed E-state index contributed by atoms with van der Waals surface area (Å²) in [7, 11) is 0. The molecule has 0 unspecified atom stereocenters. The quantitative estimate of drug-likeness (QED) is 0.417. The van der Waals surface area contributed by atoms with Gasteiger partial charge >= 0.3 is 0 Å². The van der Waals surface area contributed by atoms with E-state index in [9.17, 15) is 0 Å². The van der Waals surface area contributed by atoms with E-state index in [-0.39, 0.29) is 0 Å². The Morgan fingerprint density at radius 2 is 1.93 bits per heavy atom. The van der Waals surface area contributed by atoms with Crippen LogP contribution in [0.25, 0.3) is 44.5 Å². The van der Waals surface area contributed by atoms with Gasteiger partial charge in [-0.05, 0) is 61.8 Å². The van der Waals surface area contributed by atoms with Crippen LogP contribution in [0.2, 0.25) is 0 Å². The molecule has 1 aliphatic heterocycles. The van der Waals surface area contributed by atoms with Gasteiger partial charge in [0.1, 0.15) is 11.2 Å². The summed E-state index contributed by atoms with van der Waals surface area (Å²) < 4.78 is 5.28. The van der Waals surface area contributed by atoms with Gasteiger partial charge in [-0.15, -0.1) is 0 Å². The number of nitrogens with one attached hydrogen (secondary N) is 3. The minimum Gasteiger partial charge on any atom is -0.472 e. The topological polar surface area (TPSA) is 82.5 Å². The van der Waals surface area contributed by atoms with Crippen LogP contribution in [0.1, 0.15) is 24.5 Å². The molecule has 3 N–H and O–H groups in total. The standard InChI is InChI=1S/C23H21N5O/c1-2-16(15-8-11-29-13-15)17-12-21(25-19(17)3-1)23-22-20(27-28-23)5-4-18(26-22)14-6-9-24-10-7-14/h1-5,8,11-14,24-25H,6-7,9-10H2,(H,27,28). The largest absolute Gasteiger partial charge is 0.472 e. The lowest BCUT2D eigenvalue weighted by atomic mass is 9.94. The monoisotopic (exact) mass is 383 g/mol. The van der Waals surface area contributed by atoms with Crippen LogP contribution < -0.4 is 5.32 Å². The average Bonchev–Trinajstić information content (AvgIpc) is 3.52. The zero-order valence-electron chi connectivity index (χ0n) is 15.9. The summed E-state index contributed by atoms with van der Waals surface area (Å²) in [5.41, 5.74) is 8.17. The Balaban J connectivity index is 1.48. The first kappa shape index (κ1) is 16.6. The van der Waals surface area contributed by atoms with E-state index in [4.69, 9.17) is 9.40 Å². The summed E-state index contributed by atoms with van der Waals surface area (Å²) in [6.45, 7) is 2.11. The van der Waals surface area contributed by atoms with Crippen molar-refractivity contribution in [2.75, 3.05) is 13.1 Å². The number of aromatic nitrogens is 4. The van der Waals surface area contributed by atoms with Crippen molar-refractivity contribution in [1.82, 2.24) is 25.5 Å². The molecule has 5 heterocycles. The zero-order valence-corrected chi connectivity index (χ0v) is 15.9. The van der Waals surface area contributed by atoms with Gasteiger partial charge in [-0.2, -0.15) is 5.10 Å². The Bertz CT molecular complexity index is 1290. The highest BCUT2D eigenvalue weighted by atomic mass is 16.3. The Morgan fingerprint density at radius 1 is 1.00 bits per heavy atom. The molecule has 144 valence electrons. The van der Waals surface area contributed by atoms with E-state index in [1.807, 2.05) is 6.07 Å². The van der Waals surface area contributed by atoms with Crippen molar-refractivity contribution in [3.05, 3.63) is 60.7 Å². The molecule has 5 aromatic rings. The highest BCUT2D eigenvalue weighted by Crippen LogP contribution is 2.34. The van der Waals surface area contributed by atoms with Crippen LogP contribution in [0, 0.1) is 0 Å². The molecule has 1 saturated heterocycles. The summed E-state index contributed by atoms with van der Waals surface area (Å²) >= 11 is 0. The predicted octanol–water partition coefficient (Wildman–Crippen LogP) is 4.83. The lowest BCUT2D eigenvalue weighted by Gasteiger charge is -2.22. The van der Waals surface area contributed by atoms with Crippen LogP contribution in [0.3, 0.4) is 0 Å². The molecule has 4 aromatic heterocycles. The molecule has 0 radical (unpaired) electrons. The van der Waals surface area contributed by atoms with Gasteiger partial charge in [0.2, 0.25) is 0 Å². The fourth-order valence-corrected chi connectivity index (χ4v) is 4.40. The van der Waals surface area contributed by atoms with E-state index in [0.29, 0.717) is 5.92 Å². The van der Waals surface area contributed by atoms with Crippen molar-refractivity contribution in [3.8, 4) is 22.5 Å². The predicted molar refractivity (Wildman–Crippen MR) is 114 cm³/mol. The number of furan rings is 1. The molecule has 0 spiro atoms. The van der Waals surface area contributed by atoms with E-state index in [1.165, 1.54) is 0 Å². The average molecular weight is 383 g/mol. The van der Waals surface area contributed by atoms with E-state index in [2.05, 4.69) is 56.9 Å². The number of aromatic amines is 2. The first-order valence-corrected chi connectivity index (χ1v) is 10.1. The van der Waals surface area contributed by atoms with Gasteiger partial charge in [0.05, 0.1) is 23.7 Å². The third-order valence-corrected chi connectivity index (χ3v) is 5.94. The maximum absolute atomic E-state index is 5.28. The molecular formula is C23H21N5O. The number of nitrogens with zero attached hydrogens (tertiary/aromatic N) is 2. The highest BCUT2D eigenvalue weighted by molar-refractivity contribution is 6.00. The first-order valence-electron chi connectivity index (χ1n) is 10.1. The lowest BCUT2D eigenvalue weighted by molar-refractivity contribution is 0.454. The molecule has 0 bridgehead atoms. The SMILES string of the molecule is c1cc(-c2ccoc2)c2cc(-c3n[nH]c4ccc(C5CCNCC5)nc34)[nH]c2c1. The molecule has 6 heteroatoms. The van der Waals surface area contributed by atoms with Crippen molar-refractivity contribution in [2.45, 2.75) is 18.8 Å². The van der Waals surface area contributed by atoms with E-state index in [0.717, 1.165) is 76.1 Å². The van der Waals surface area contributed by atoms with Crippen molar-refractivity contribution in [1.29, 1.82) is 0 Å². The third-order valence-electron chi connectivity index (χ3n) is 5.94. The summed E-state index contributed by atoms with van der Waals surface area (Å²) in [5.74, 6) is 0.513. The number of rotatable bonds is 3. The molecule has 0 saturated carbocycles. The third kappa shape index (κ3) is 2.76. The number of H-pyrrole nitrogens is 2. The molecule has 0 amide bonds. The summed E-state index contributed by atoms with van der Waals surface area (Å²) in [6, 6.07) is 14.6. The minimum absolute atomic E-state index is 0.513. The van der Waals surface area contributed by atoms with Gasteiger partial charge in [-0.1, -0.05) is 12.1 Å². The van der Waals surface area contributed by atoms with Crippen LogP contribution in [-0.4, -0.2) is 33.3 Å². The second-order valence-electron chi connectivity index (χ2n) is 7.69. The van der Waals surface area contributed by atoms with Crippen LogP contribution in [0.5, 0.6) is 0 Å². The number of benzene rings is 1. The van der Waals surface area contributed by atoms with Crippen LogP contribution >= 0.6 is 0 Å². The maximum Gasteiger partial charge on any atom is 0.135 e. The van der Waals surface area contributed by atoms with Crippen molar-refractivity contribution in [3.63, 3.8) is 0 Å². The van der Waals surface area contributed by atoms with E-state index >= 15 is 0 Å². The maximum atomic E-state index is 5.28. The molecule has 1 aliphatic rings. The summed E-state index contributed by atoms with van der Waals surface area (Å²) in [6.07, 6.45) is 5.74. The molecule has 0 aliphatic carbocycles. The highest BCUT2D eigenvalue weighted by Gasteiger charge is 2.19. The smallest absolute Gasteiger partial charge is 0.135 e. The number of hydrogen-bond donors (Lipinski definition) is 3.